The Bertz CT molecular complexity index is 375. The van der Waals surface area contributed by atoms with Crippen LogP contribution in [0.5, 0.6) is 0 Å². The monoisotopic (exact) mass is 328 g/mol. The molecule has 3 nitrogen and oxygen atoms in total. The van der Waals surface area contributed by atoms with Gasteiger partial charge in [-0.25, -0.2) is 0 Å². The highest BCUT2D eigenvalue weighted by atomic mass is 16.6. The van der Waals surface area contributed by atoms with Crippen molar-refractivity contribution in [1.29, 1.82) is 0 Å². The highest BCUT2D eigenvalue weighted by Crippen LogP contribution is 2.37. The van der Waals surface area contributed by atoms with E-state index in [4.69, 9.17) is 9.47 Å². The van der Waals surface area contributed by atoms with Gasteiger partial charge >= 0.3 is 5.97 Å². The van der Waals surface area contributed by atoms with Crippen molar-refractivity contribution >= 4 is 5.97 Å². The van der Waals surface area contributed by atoms with Gasteiger partial charge in [-0.2, -0.15) is 0 Å². The summed E-state index contributed by atoms with van der Waals surface area (Å²) in [6.07, 6.45) is 1.52. The molecule has 0 aromatic carbocycles. The highest BCUT2D eigenvalue weighted by Gasteiger charge is 2.38. The molecule has 1 unspecified atom stereocenters. The molecule has 23 heavy (non-hydrogen) atoms. The zero-order valence-corrected chi connectivity index (χ0v) is 17.4. The van der Waals surface area contributed by atoms with E-state index in [-0.39, 0.29) is 28.3 Å². The van der Waals surface area contributed by atoms with Gasteiger partial charge in [0.2, 0.25) is 0 Å². The van der Waals surface area contributed by atoms with Crippen molar-refractivity contribution in [1.82, 2.24) is 0 Å². The van der Waals surface area contributed by atoms with Crippen LogP contribution in [0.25, 0.3) is 0 Å². The van der Waals surface area contributed by atoms with Crippen LogP contribution >= 0.6 is 0 Å². The number of esters is 1. The molecule has 3 heteroatoms. The summed E-state index contributed by atoms with van der Waals surface area (Å²) in [6, 6.07) is 0. The molecule has 138 valence electrons. The molecule has 0 fully saturated rings. The topological polar surface area (TPSA) is 35.5 Å². The fourth-order valence-electron chi connectivity index (χ4n) is 2.35. The number of rotatable bonds is 6. The molecule has 0 amide bonds. The average Bonchev–Trinajstić information content (AvgIpc) is 2.19. The van der Waals surface area contributed by atoms with Crippen molar-refractivity contribution in [2.45, 2.75) is 100 Å². The molecule has 0 aromatic heterocycles. The molecule has 0 radical (unpaired) electrons. The summed E-state index contributed by atoms with van der Waals surface area (Å²) in [5.74, 6) is -0.196. The molecule has 0 saturated carbocycles. The lowest BCUT2D eigenvalue weighted by Gasteiger charge is -2.36. The molecule has 0 saturated heterocycles. The van der Waals surface area contributed by atoms with Gasteiger partial charge in [0.05, 0.1) is 18.1 Å². The van der Waals surface area contributed by atoms with Crippen LogP contribution in [0.1, 0.15) is 89.0 Å². The van der Waals surface area contributed by atoms with Crippen molar-refractivity contribution in [2.24, 2.45) is 16.7 Å². The fourth-order valence-corrected chi connectivity index (χ4v) is 2.35. The van der Waals surface area contributed by atoms with Crippen LogP contribution < -0.4 is 0 Å². The first-order valence-electron chi connectivity index (χ1n) is 8.80. The summed E-state index contributed by atoms with van der Waals surface area (Å²) < 4.78 is 11.6. The minimum atomic E-state index is -0.510. The minimum Gasteiger partial charge on any atom is -0.459 e. The third-order valence-electron chi connectivity index (χ3n) is 3.76. The zero-order chi connectivity index (χ0) is 18.7. The smallest absolute Gasteiger partial charge is 0.310 e. The Morgan fingerprint density at radius 1 is 0.870 bits per heavy atom. The highest BCUT2D eigenvalue weighted by molar-refractivity contribution is 5.73. The van der Waals surface area contributed by atoms with Gasteiger partial charge < -0.3 is 9.47 Å². The maximum Gasteiger partial charge on any atom is 0.310 e. The van der Waals surface area contributed by atoms with Crippen LogP contribution in [0.15, 0.2) is 0 Å². The van der Waals surface area contributed by atoms with Gasteiger partial charge in [-0.3, -0.25) is 4.79 Å². The maximum atomic E-state index is 12.8. The van der Waals surface area contributed by atoms with E-state index in [0.717, 1.165) is 6.42 Å². The quantitative estimate of drug-likeness (QED) is 0.594. The van der Waals surface area contributed by atoms with Gasteiger partial charge in [-0.05, 0) is 51.9 Å². The van der Waals surface area contributed by atoms with E-state index in [9.17, 15) is 4.79 Å². The lowest BCUT2D eigenvalue weighted by molar-refractivity contribution is -0.169. The second kappa shape index (κ2) is 7.55. The van der Waals surface area contributed by atoms with E-state index in [1.165, 1.54) is 0 Å². The number of ether oxygens (including phenoxy) is 2. The molecule has 0 aliphatic carbocycles. The number of carbonyl (C=O) groups is 1. The Morgan fingerprint density at radius 3 is 1.70 bits per heavy atom. The number of hydrogen-bond acceptors (Lipinski definition) is 3. The molecule has 1 atom stereocenters. The Balaban J connectivity index is 4.83. The van der Waals surface area contributed by atoms with Gasteiger partial charge in [0.1, 0.15) is 5.60 Å². The van der Waals surface area contributed by atoms with Crippen LogP contribution in [-0.4, -0.2) is 23.8 Å². The van der Waals surface area contributed by atoms with Crippen molar-refractivity contribution in [3.63, 3.8) is 0 Å². The first-order valence-corrected chi connectivity index (χ1v) is 8.80. The van der Waals surface area contributed by atoms with E-state index < -0.39 is 5.60 Å². The Labute approximate surface area is 144 Å². The number of carbonyl (C=O) groups excluding carboxylic acids is 1. The van der Waals surface area contributed by atoms with E-state index >= 15 is 0 Å². The minimum absolute atomic E-state index is 0.0896. The van der Waals surface area contributed by atoms with Crippen molar-refractivity contribution in [3.05, 3.63) is 0 Å². The van der Waals surface area contributed by atoms with Crippen molar-refractivity contribution < 1.29 is 14.3 Å². The third-order valence-corrected chi connectivity index (χ3v) is 3.76. The fraction of sp³-hybridized carbons (Fsp3) is 0.950. The molecule has 0 rings (SSSR count). The second-order valence-electron chi connectivity index (χ2n) is 10.6. The van der Waals surface area contributed by atoms with E-state index in [0.29, 0.717) is 13.0 Å². The largest absolute Gasteiger partial charge is 0.459 e. The maximum absolute atomic E-state index is 12.8. The standard InChI is InChI=1S/C20H40O3/c1-17(2,3)14-15(18(4,5)6)16(21)23-20(10,11)12-13-22-19(7,8)9/h15H,12-14H2,1-11H3. The van der Waals surface area contributed by atoms with Crippen LogP contribution in [0.3, 0.4) is 0 Å². The van der Waals surface area contributed by atoms with Crippen LogP contribution in [0.2, 0.25) is 0 Å². The summed E-state index contributed by atoms with van der Waals surface area (Å²) in [4.78, 5) is 12.8. The molecular formula is C20H40O3. The van der Waals surface area contributed by atoms with Crippen LogP contribution in [0.4, 0.5) is 0 Å². The predicted octanol–water partition coefficient (Wildman–Crippen LogP) is 5.61. The second-order valence-corrected chi connectivity index (χ2v) is 10.6. The summed E-state index contributed by atoms with van der Waals surface area (Å²) in [6.45, 7) is 23.5. The summed E-state index contributed by atoms with van der Waals surface area (Å²) >= 11 is 0. The lowest BCUT2D eigenvalue weighted by atomic mass is 9.72. The lowest BCUT2D eigenvalue weighted by Crippen LogP contribution is -2.39. The predicted molar refractivity (Wildman–Crippen MR) is 97.5 cm³/mol. The molecule has 0 aliphatic rings. The van der Waals surface area contributed by atoms with E-state index in [1.54, 1.807) is 0 Å². The molecule has 0 N–H and O–H groups in total. The molecule has 0 spiro atoms. The van der Waals surface area contributed by atoms with Gasteiger partial charge in [-0.1, -0.05) is 41.5 Å². The molecule has 0 aromatic rings. The molecule has 0 bridgehead atoms. The first-order chi connectivity index (χ1) is 9.93. The summed E-state index contributed by atoms with van der Waals surface area (Å²) in [5.41, 5.74) is -0.692. The van der Waals surface area contributed by atoms with E-state index in [2.05, 4.69) is 41.5 Å². The van der Waals surface area contributed by atoms with Gasteiger partial charge in [-0.15, -0.1) is 0 Å². The Morgan fingerprint density at radius 2 is 1.35 bits per heavy atom. The molecule has 0 aliphatic heterocycles. The number of hydrogen-bond donors (Lipinski definition) is 0. The normalized spacial score (nSPS) is 15.4. The summed E-state index contributed by atoms with van der Waals surface area (Å²) in [7, 11) is 0. The van der Waals surface area contributed by atoms with E-state index in [1.807, 2.05) is 34.6 Å². The van der Waals surface area contributed by atoms with Gasteiger partial charge in [0.15, 0.2) is 0 Å². The Kier molecular flexibility index (Phi) is 7.36. The SMILES string of the molecule is CC(C)(C)CC(C(=O)OC(C)(C)CCOC(C)(C)C)C(C)(C)C. The van der Waals surface area contributed by atoms with Crippen molar-refractivity contribution in [3.8, 4) is 0 Å². The third kappa shape index (κ3) is 10.8. The van der Waals surface area contributed by atoms with Gasteiger partial charge in [0, 0.05) is 6.42 Å². The van der Waals surface area contributed by atoms with Crippen molar-refractivity contribution in [2.75, 3.05) is 6.61 Å². The first kappa shape index (κ1) is 22.4. The molecular weight excluding hydrogens is 288 g/mol. The average molecular weight is 329 g/mol. The summed E-state index contributed by atoms with van der Waals surface area (Å²) in [5, 5.41) is 0. The zero-order valence-electron chi connectivity index (χ0n) is 17.4. The van der Waals surface area contributed by atoms with Crippen LogP contribution in [-0.2, 0) is 14.3 Å². The Hall–Kier alpha value is -0.570. The van der Waals surface area contributed by atoms with Crippen LogP contribution in [0, 0.1) is 16.7 Å². The van der Waals surface area contributed by atoms with Gasteiger partial charge in [0.25, 0.3) is 0 Å². The molecule has 0 heterocycles.